The summed E-state index contributed by atoms with van der Waals surface area (Å²) in [5, 5.41) is 10.9. The van der Waals surface area contributed by atoms with Crippen LogP contribution in [0.5, 0.6) is 5.75 Å². The lowest BCUT2D eigenvalue weighted by molar-refractivity contribution is 0.146. The van der Waals surface area contributed by atoms with E-state index in [1.54, 1.807) is 43.5 Å². The van der Waals surface area contributed by atoms with Crippen LogP contribution in [-0.2, 0) is 14.8 Å². The highest BCUT2D eigenvalue weighted by Gasteiger charge is 2.17. The summed E-state index contributed by atoms with van der Waals surface area (Å²) in [6, 6.07) is 13.0. The van der Waals surface area contributed by atoms with Crippen LogP contribution in [0.3, 0.4) is 0 Å². The van der Waals surface area contributed by atoms with Gasteiger partial charge in [0, 0.05) is 7.11 Å². The number of hydrogen-bond donors (Lipinski definition) is 1. The Kier molecular flexibility index (Phi) is 5.44. The van der Waals surface area contributed by atoms with Gasteiger partial charge in [0.1, 0.15) is 18.7 Å². The number of ether oxygens (including phenoxy) is 2. The fourth-order valence-corrected chi connectivity index (χ4v) is 3.27. The quantitative estimate of drug-likeness (QED) is 0.594. The predicted octanol–water partition coefficient (Wildman–Crippen LogP) is 1.49. The van der Waals surface area contributed by atoms with E-state index in [4.69, 9.17) is 9.47 Å². The van der Waals surface area contributed by atoms with E-state index in [1.807, 2.05) is 0 Å². The van der Waals surface area contributed by atoms with Crippen molar-refractivity contribution in [1.29, 1.82) is 0 Å². The standard InChI is InChI=1S/C16H17N5O4S/c1-24-10-11-25-13-6-8-14(9-7-13)26(22,23)18-15-4-2-3-5-16(15)21-12-17-19-20-21/h2-9,12,18H,10-11H2,1H3. The van der Waals surface area contributed by atoms with Crippen molar-refractivity contribution in [2.24, 2.45) is 0 Å². The molecule has 3 rings (SSSR count). The largest absolute Gasteiger partial charge is 0.491 e. The highest BCUT2D eigenvalue weighted by molar-refractivity contribution is 7.92. The molecule has 26 heavy (non-hydrogen) atoms. The number of tetrazole rings is 1. The number of anilines is 1. The molecule has 9 nitrogen and oxygen atoms in total. The zero-order valence-corrected chi connectivity index (χ0v) is 14.8. The molecule has 0 saturated heterocycles. The Bertz CT molecular complexity index is 943. The van der Waals surface area contributed by atoms with Gasteiger partial charge in [0.25, 0.3) is 10.0 Å². The first-order chi connectivity index (χ1) is 12.6. The molecule has 1 aromatic heterocycles. The Hall–Kier alpha value is -2.98. The number of hydrogen-bond acceptors (Lipinski definition) is 7. The van der Waals surface area contributed by atoms with Gasteiger partial charge in [-0.15, -0.1) is 5.10 Å². The molecule has 0 aliphatic rings. The molecular formula is C16H17N5O4S. The second-order valence-electron chi connectivity index (χ2n) is 5.19. The molecule has 1 N–H and O–H groups in total. The zero-order valence-electron chi connectivity index (χ0n) is 13.9. The lowest BCUT2D eigenvalue weighted by Gasteiger charge is -2.12. The molecule has 10 heteroatoms. The lowest BCUT2D eigenvalue weighted by Crippen LogP contribution is -2.15. The molecule has 0 atom stereocenters. The first kappa shape index (κ1) is 17.8. The number of para-hydroxylation sites is 2. The maximum atomic E-state index is 12.7. The van der Waals surface area contributed by atoms with Crippen LogP contribution in [0.25, 0.3) is 5.69 Å². The second-order valence-corrected chi connectivity index (χ2v) is 6.87. The monoisotopic (exact) mass is 375 g/mol. The van der Waals surface area contributed by atoms with Gasteiger partial charge in [0.15, 0.2) is 0 Å². The molecule has 0 radical (unpaired) electrons. The van der Waals surface area contributed by atoms with E-state index in [2.05, 4.69) is 20.2 Å². The van der Waals surface area contributed by atoms with Gasteiger partial charge in [-0.3, -0.25) is 4.72 Å². The van der Waals surface area contributed by atoms with Crippen molar-refractivity contribution < 1.29 is 17.9 Å². The van der Waals surface area contributed by atoms with Crippen molar-refractivity contribution in [3.63, 3.8) is 0 Å². The Balaban J connectivity index is 1.80. The summed E-state index contributed by atoms with van der Waals surface area (Å²) in [7, 11) is -2.20. The van der Waals surface area contributed by atoms with Gasteiger partial charge in [-0.25, -0.2) is 8.42 Å². The molecule has 0 aliphatic heterocycles. The van der Waals surface area contributed by atoms with E-state index in [1.165, 1.54) is 23.1 Å². The van der Waals surface area contributed by atoms with Crippen molar-refractivity contribution in [3.05, 3.63) is 54.9 Å². The van der Waals surface area contributed by atoms with Gasteiger partial charge in [-0.2, -0.15) is 4.68 Å². The third kappa shape index (κ3) is 4.16. The molecule has 0 amide bonds. The molecule has 136 valence electrons. The fourth-order valence-electron chi connectivity index (χ4n) is 2.19. The first-order valence-electron chi connectivity index (χ1n) is 7.67. The number of sulfonamides is 1. The van der Waals surface area contributed by atoms with Crippen molar-refractivity contribution in [2.75, 3.05) is 25.0 Å². The summed E-state index contributed by atoms with van der Waals surface area (Å²) in [5.41, 5.74) is 0.876. The molecule has 0 spiro atoms. The van der Waals surface area contributed by atoms with E-state index >= 15 is 0 Å². The van der Waals surface area contributed by atoms with Crippen LogP contribution in [0.4, 0.5) is 5.69 Å². The van der Waals surface area contributed by atoms with Crippen LogP contribution in [0.1, 0.15) is 0 Å². The van der Waals surface area contributed by atoms with E-state index in [0.29, 0.717) is 30.3 Å². The number of benzene rings is 2. The predicted molar refractivity (Wildman–Crippen MR) is 93.8 cm³/mol. The third-order valence-electron chi connectivity index (χ3n) is 3.43. The molecule has 0 fully saturated rings. The molecule has 0 bridgehead atoms. The number of rotatable bonds is 8. The summed E-state index contributed by atoms with van der Waals surface area (Å²) < 4.78 is 39.6. The Morgan fingerprint density at radius 2 is 1.85 bits per heavy atom. The van der Waals surface area contributed by atoms with Crippen molar-refractivity contribution in [2.45, 2.75) is 4.90 Å². The minimum Gasteiger partial charge on any atom is -0.491 e. The summed E-state index contributed by atoms with van der Waals surface area (Å²) >= 11 is 0. The normalized spacial score (nSPS) is 11.3. The number of nitrogens with zero attached hydrogens (tertiary/aromatic N) is 4. The van der Waals surface area contributed by atoms with Gasteiger partial charge in [-0.1, -0.05) is 12.1 Å². The minimum atomic E-state index is -3.78. The van der Waals surface area contributed by atoms with Crippen LogP contribution in [0.2, 0.25) is 0 Å². The van der Waals surface area contributed by atoms with Crippen molar-refractivity contribution in [1.82, 2.24) is 20.2 Å². The van der Waals surface area contributed by atoms with Crippen LogP contribution in [0.15, 0.2) is 59.8 Å². The van der Waals surface area contributed by atoms with Gasteiger partial charge < -0.3 is 9.47 Å². The summed E-state index contributed by atoms with van der Waals surface area (Å²) in [6.07, 6.45) is 1.39. The average molecular weight is 375 g/mol. The summed E-state index contributed by atoms with van der Waals surface area (Å²) in [4.78, 5) is 0.114. The molecule has 3 aromatic rings. The van der Waals surface area contributed by atoms with Gasteiger partial charge >= 0.3 is 0 Å². The Labute approximate surface area is 150 Å². The molecule has 0 aliphatic carbocycles. The number of methoxy groups -OCH3 is 1. The maximum Gasteiger partial charge on any atom is 0.261 e. The van der Waals surface area contributed by atoms with Crippen LogP contribution in [0, 0.1) is 0 Å². The molecule has 2 aromatic carbocycles. The van der Waals surface area contributed by atoms with Crippen molar-refractivity contribution >= 4 is 15.7 Å². The van der Waals surface area contributed by atoms with Crippen LogP contribution in [-0.4, -0.2) is 48.9 Å². The topological polar surface area (TPSA) is 108 Å². The first-order valence-corrected chi connectivity index (χ1v) is 9.15. The lowest BCUT2D eigenvalue weighted by atomic mass is 10.3. The molecular weight excluding hydrogens is 358 g/mol. The zero-order chi connectivity index (χ0) is 18.4. The van der Waals surface area contributed by atoms with Crippen molar-refractivity contribution in [3.8, 4) is 11.4 Å². The molecule has 0 unspecified atom stereocenters. The fraction of sp³-hybridized carbons (Fsp3) is 0.188. The Morgan fingerprint density at radius 1 is 1.08 bits per heavy atom. The number of aromatic nitrogens is 4. The van der Waals surface area contributed by atoms with E-state index in [0.717, 1.165) is 0 Å². The molecule has 1 heterocycles. The molecule has 0 saturated carbocycles. The SMILES string of the molecule is COCCOc1ccc(S(=O)(=O)Nc2ccccc2-n2cnnn2)cc1. The highest BCUT2D eigenvalue weighted by Crippen LogP contribution is 2.23. The maximum absolute atomic E-state index is 12.7. The summed E-state index contributed by atoms with van der Waals surface area (Å²) in [6.45, 7) is 0.843. The second kappa shape index (κ2) is 7.93. The average Bonchev–Trinajstić information content (AvgIpc) is 3.17. The van der Waals surface area contributed by atoms with E-state index in [-0.39, 0.29) is 4.90 Å². The van der Waals surface area contributed by atoms with Gasteiger partial charge in [-0.05, 0) is 46.8 Å². The Morgan fingerprint density at radius 3 is 2.54 bits per heavy atom. The van der Waals surface area contributed by atoms with Crippen LogP contribution >= 0.6 is 0 Å². The smallest absolute Gasteiger partial charge is 0.261 e. The highest BCUT2D eigenvalue weighted by atomic mass is 32.2. The van der Waals surface area contributed by atoms with Gasteiger partial charge in [0.05, 0.1) is 22.9 Å². The summed E-state index contributed by atoms with van der Waals surface area (Å²) in [5.74, 6) is 0.565. The number of nitrogens with one attached hydrogen (secondary N) is 1. The van der Waals surface area contributed by atoms with Crippen LogP contribution < -0.4 is 9.46 Å². The van der Waals surface area contributed by atoms with E-state index in [9.17, 15) is 8.42 Å². The van der Waals surface area contributed by atoms with Gasteiger partial charge in [0.2, 0.25) is 0 Å². The minimum absolute atomic E-state index is 0.114. The van der Waals surface area contributed by atoms with E-state index < -0.39 is 10.0 Å². The third-order valence-corrected chi connectivity index (χ3v) is 4.82.